The summed E-state index contributed by atoms with van der Waals surface area (Å²) in [5.74, 6) is 0. The molecule has 0 amide bonds. The summed E-state index contributed by atoms with van der Waals surface area (Å²) >= 11 is 0. The lowest BCUT2D eigenvalue weighted by Gasteiger charge is -2.04. The number of rotatable bonds is 2. The van der Waals surface area contributed by atoms with Crippen LogP contribution in [-0.2, 0) is 0 Å². The van der Waals surface area contributed by atoms with Crippen LogP contribution < -0.4 is 5.32 Å². The van der Waals surface area contributed by atoms with Crippen LogP contribution in [0, 0.1) is 6.92 Å². The van der Waals surface area contributed by atoms with Crippen LogP contribution in [0.2, 0.25) is 0 Å². The van der Waals surface area contributed by atoms with Crippen LogP contribution in [0.3, 0.4) is 0 Å². The van der Waals surface area contributed by atoms with Gasteiger partial charge in [0.05, 0.1) is 11.9 Å². The number of nitrogens with one attached hydrogen (secondary N) is 1. The van der Waals surface area contributed by atoms with Gasteiger partial charge in [0.25, 0.3) is 0 Å². The van der Waals surface area contributed by atoms with Crippen molar-refractivity contribution in [2.45, 2.75) is 27.7 Å². The molecule has 0 unspecified atom stereocenters. The summed E-state index contributed by atoms with van der Waals surface area (Å²) in [6.45, 7) is 9.10. The maximum absolute atomic E-state index is 4.00. The topological polar surface area (TPSA) is 24.9 Å². The van der Waals surface area contributed by atoms with E-state index in [1.54, 1.807) is 6.20 Å². The lowest BCUT2D eigenvalue weighted by Crippen LogP contribution is -1.98. The average molecular weight is 166 g/mol. The number of pyridine rings is 1. The van der Waals surface area contributed by atoms with Gasteiger partial charge in [-0.15, -0.1) is 0 Å². The van der Waals surface area contributed by atoms with Crippen LogP contribution in [-0.4, -0.2) is 11.5 Å². The van der Waals surface area contributed by atoms with Crippen LogP contribution in [0.4, 0.5) is 5.69 Å². The first kappa shape index (κ1) is 11.0. The second kappa shape index (κ2) is 6.65. The molecule has 0 bridgehead atoms. The van der Waals surface area contributed by atoms with Gasteiger partial charge in [0, 0.05) is 12.7 Å². The Hall–Kier alpha value is -1.05. The second-order valence-corrected chi connectivity index (χ2v) is 2.22. The standard InChI is InChI=1S/C8H12N2.C2H6/c1-3-10-8-6-9-5-4-7(8)2;1-2/h4-6,10H,3H2,1-2H3;1-2H3. The lowest BCUT2D eigenvalue weighted by molar-refractivity contribution is 1.17. The van der Waals surface area contributed by atoms with E-state index in [1.807, 2.05) is 26.1 Å². The van der Waals surface area contributed by atoms with Crippen LogP contribution in [0.25, 0.3) is 0 Å². The maximum atomic E-state index is 4.00. The molecule has 0 atom stereocenters. The zero-order valence-corrected chi connectivity index (χ0v) is 8.39. The molecule has 0 aliphatic rings. The fraction of sp³-hybridized carbons (Fsp3) is 0.500. The monoisotopic (exact) mass is 166 g/mol. The Labute approximate surface area is 75.0 Å². The molecule has 68 valence electrons. The quantitative estimate of drug-likeness (QED) is 0.730. The van der Waals surface area contributed by atoms with Crippen LogP contribution in [0.1, 0.15) is 26.3 Å². The van der Waals surface area contributed by atoms with Crippen molar-refractivity contribution in [3.05, 3.63) is 24.0 Å². The van der Waals surface area contributed by atoms with Crippen molar-refractivity contribution in [3.63, 3.8) is 0 Å². The molecule has 0 radical (unpaired) electrons. The van der Waals surface area contributed by atoms with Crippen molar-refractivity contribution in [2.24, 2.45) is 0 Å². The minimum atomic E-state index is 0.951. The van der Waals surface area contributed by atoms with Crippen LogP contribution in [0.15, 0.2) is 18.5 Å². The SMILES string of the molecule is CC.CCNc1cnccc1C. The molecule has 12 heavy (non-hydrogen) atoms. The Bertz CT molecular complexity index is 209. The predicted octanol–water partition coefficient (Wildman–Crippen LogP) is 2.85. The van der Waals surface area contributed by atoms with E-state index in [4.69, 9.17) is 0 Å². The summed E-state index contributed by atoms with van der Waals surface area (Å²) in [5, 5.41) is 3.21. The normalized spacial score (nSPS) is 8.33. The largest absolute Gasteiger partial charge is 0.384 e. The fourth-order valence-corrected chi connectivity index (χ4v) is 0.840. The van der Waals surface area contributed by atoms with Gasteiger partial charge in [-0.2, -0.15) is 0 Å². The summed E-state index contributed by atoms with van der Waals surface area (Å²) in [6, 6.07) is 2.00. The summed E-state index contributed by atoms with van der Waals surface area (Å²) in [5.41, 5.74) is 2.38. The van der Waals surface area contributed by atoms with E-state index in [-0.39, 0.29) is 0 Å². The summed E-state index contributed by atoms with van der Waals surface area (Å²) < 4.78 is 0. The van der Waals surface area contributed by atoms with E-state index < -0.39 is 0 Å². The Morgan fingerprint density at radius 1 is 1.42 bits per heavy atom. The van der Waals surface area contributed by atoms with Gasteiger partial charge in [0.1, 0.15) is 0 Å². The molecule has 0 saturated heterocycles. The number of aromatic nitrogens is 1. The maximum Gasteiger partial charge on any atom is 0.0556 e. The van der Waals surface area contributed by atoms with Crippen molar-refractivity contribution in [1.82, 2.24) is 4.98 Å². The molecule has 2 heteroatoms. The second-order valence-electron chi connectivity index (χ2n) is 2.22. The zero-order chi connectivity index (χ0) is 9.40. The highest BCUT2D eigenvalue weighted by Crippen LogP contribution is 2.09. The Kier molecular flexibility index (Phi) is 6.07. The third-order valence-electron chi connectivity index (χ3n) is 1.41. The lowest BCUT2D eigenvalue weighted by atomic mass is 10.2. The smallest absolute Gasteiger partial charge is 0.0556 e. The number of anilines is 1. The number of nitrogens with zero attached hydrogens (tertiary/aromatic N) is 1. The van der Waals surface area contributed by atoms with Crippen LogP contribution >= 0.6 is 0 Å². The molecule has 0 aromatic carbocycles. The Balaban J connectivity index is 0.000000561. The third kappa shape index (κ3) is 3.37. The minimum absolute atomic E-state index is 0.951. The molecule has 0 fully saturated rings. The Morgan fingerprint density at radius 2 is 2.08 bits per heavy atom. The summed E-state index contributed by atoms with van der Waals surface area (Å²) in [6.07, 6.45) is 3.65. The van der Waals surface area contributed by atoms with Crippen molar-refractivity contribution in [1.29, 1.82) is 0 Å². The zero-order valence-electron chi connectivity index (χ0n) is 8.39. The number of hydrogen-bond acceptors (Lipinski definition) is 2. The third-order valence-corrected chi connectivity index (χ3v) is 1.41. The summed E-state index contributed by atoms with van der Waals surface area (Å²) in [7, 11) is 0. The van der Waals surface area contributed by atoms with E-state index in [2.05, 4.69) is 24.1 Å². The van der Waals surface area contributed by atoms with Gasteiger partial charge in [-0.25, -0.2) is 0 Å². The van der Waals surface area contributed by atoms with Crippen molar-refractivity contribution in [3.8, 4) is 0 Å². The van der Waals surface area contributed by atoms with E-state index in [1.165, 1.54) is 5.56 Å². The van der Waals surface area contributed by atoms with Gasteiger partial charge in [-0.3, -0.25) is 4.98 Å². The predicted molar refractivity (Wildman–Crippen MR) is 54.5 cm³/mol. The molecule has 1 heterocycles. The highest BCUT2D eigenvalue weighted by atomic mass is 14.9. The van der Waals surface area contributed by atoms with Gasteiger partial charge in [-0.05, 0) is 25.5 Å². The fourth-order valence-electron chi connectivity index (χ4n) is 0.840. The van der Waals surface area contributed by atoms with E-state index in [9.17, 15) is 0 Å². The molecule has 0 aliphatic heterocycles. The van der Waals surface area contributed by atoms with Crippen molar-refractivity contribution < 1.29 is 0 Å². The summed E-state index contributed by atoms with van der Waals surface area (Å²) in [4.78, 5) is 4.00. The average Bonchev–Trinajstić information content (AvgIpc) is 2.13. The highest BCUT2D eigenvalue weighted by Gasteiger charge is 1.91. The van der Waals surface area contributed by atoms with Crippen molar-refractivity contribution >= 4 is 5.69 Å². The van der Waals surface area contributed by atoms with E-state index in [0.717, 1.165) is 12.2 Å². The van der Waals surface area contributed by atoms with Crippen LogP contribution in [0.5, 0.6) is 0 Å². The molecule has 0 spiro atoms. The molecular formula is C10H18N2. The molecular weight excluding hydrogens is 148 g/mol. The highest BCUT2D eigenvalue weighted by molar-refractivity contribution is 5.47. The van der Waals surface area contributed by atoms with E-state index >= 15 is 0 Å². The first-order valence-electron chi connectivity index (χ1n) is 4.49. The first-order valence-corrected chi connectivity index (χ1v) is 4.49. The molecule has 1 aromatic rings. The van der Waals surface area contributed by atoms with Gasteiger partial charge in [0.2, 0.25) is 0 Å². The number of hydrogen-bond donors (Lipinski definition) is 1. The molecule has 1 aromatic heterocycles. The first-order chi connectivity index (χ1) is 5.84. The van der Waals surface area contributed by atoms with Gasteiger partial charge in [0.15, 0.2) is 0 Å². The minimum Gasteiger partial charge on any atom is -0.384 e. The molecule has 1 N–H and O–H groups in total. The van der Waals surface area contributed by atoms with E-state index in [0.29, 0.717) is 0 Å². The Morgan fingerprint density at radius 3 is 2.58 bits per heavy atom. The molecule has 2 nitrogen and oxygen atoms in total. The number of aryl methyl sites for hydroxylation is 1. The molecule has 0 saturated carbocycles. The van der Waals surface area contributed by atoms with Gasteiger partial charge < -0.3 is 5.32 Å². The van der Waals surface area contributed by atoms with Crippen molar-refractivity contribution in [2.75, 3.05) is 11.9 Å². The molecule has 0 aliphatic carbocycles. The van der Waals surface area contributed by atoms with Gasteiger partial charge >= 0.3 is 0 Å². The van der Waals surface area contributed by atoms with Gasteiger partial charge in [-0.1, -0.05) is 13.8 Å². The molecule has 1 rings (SSSR count).